The molecule has 0 amide bonds. The Balaban J connectivity index is 2.63. The van der Waals surface area contributed by atoms with Crippen molar-refractivity contribution in [3.63, 3.8) is 0 Å². The molecule has 1 aromatic heterocycles. The molecule has 2 aromatic rings. The molecule has 0 spiro atoms. The maximum Gasteiger partial charge on any atom is 0.268 e. The topological polar surface area (TPSA) is 116 Å². The van der Waals surface area contributed by atoms with Crippen molar-refractivity contribution in [3.05, 3.63) is 45.7 Å². The number of nitrogens with two attached hydrogens (primary N) is 1. The molecule has 0 saturated carbocycles. The molecule has 0 saturated heterocycles. The van der Waals surface area contributed by atoms with Gasteiger partial charge in [0, 0.05) is 5.56 Å². The average molecular weight is 308 g/mol. The quantitative estimate of drug-likeness (QED) is 0.899. The number of anilines is 1. The maximum atomic E-state index is 11.9. The van der Waals surface area contributed by atoms with E-state index in [1.807, 2.05) is 26.0 Å². The first kappa shape index (κ1) is 16.1. The van der Waals surface area contributed by atoms with Crippen molar-refractivity contribution in [1.82, 2.24) is 4.98 Å². The molecule has 3 N–H and O–H groups in total. The second-order valence-electron chi connectivity index (χ2n) is 5.45. The summed E-state index contributed by atoms with van der Waals surface area (Å²) < 4.78 is 5.65. The van der Waals surface area contributed by atoms with Crippen LogP contribution in [0.25, 0.3) is 11.1 Å². The number of pyridine rings is 1. The van der Waals surface area contributed by atoms with Crippen LogP contribution in [0.2, 0.25) is 0 Å². The van der Waals surface area contributed by atoms with Crippen molar-refractivity contribution in [2.24, 2.45) is 5.92 Å². The summed E-state index contributed by atoms with van der Waals surface area (Å²) in [7, 11) is 0. The maximum absolute atomic E-state index is 11.9. The third-order valence-corrected chi connectivity index (χ3v) is 3.17. The molecule has 0 bridgehead atoms. The monoisotopic (exact) mass is 308 g/mol. The Hall–Kier alpha value is -3.25. The minimum atomic E-state index is -0.618. The van der Waals surface area contributed by atoms with Gasteiger partial charge in [0.1, 0.15) is 34.8 Å². The molecule has 2 rings (SSSR count). The highest BCUT2D eigenvalue weighted by Gasteiger charge is 2.18. The number of aromatic amines is 1. The fourth-order valence-electron chi connectivity index (χ4n) is 2.14. The van der Waals surface area contributed by atoms with Gasteiger partial charge in [0.2, 0.25) is 0 Å². The van der Waals surface area contributed by atoms with Crippen LogP contribution < -0.4 is 16.0 Å². The van der Waals surface area contributed by atoms with Crippen LogP contribution in [0.3, 0.4) is 0 Å². The third kappa shape index (κ3) is 3.33. The van der Waals surface area contributed by atoms with Gasteiger partial charge in [-0.3, -0.25) is 4.79 Å². The van der Waals surface area contributed by atoms with Gasteiger partial charge in [0.25, 0.3) is 5.56 Å². The molecule has 6 heteroatoms. The van der Waals surface area contributed by atoms with Gasteiger partial charge < -0.3 is 15.5 Å². The van der Waals surface area contributed by atoms with Crippen LogP contribution in [0.5, 0.6) is 5.75 Å². The molecular formula is C17H16N4O2. The van der Waals surface area contributed by atoms with Gasteiger partial charge in [0.05, 0.1) is 6.61 Å². The van der Waals surface area contributed by atoms with E-state index in [4.69, 9.17) is 10.5 Å². The number of H-pyrrole nitrogens is 1. The van der Waals surface area contributed by atoms with Crippen LogP contribution in [0.1, 0.15) is 25.0 Å². The molecular weight excluding hydrogens is 292 g/mol. The summed E-state index contributed by atoms with van der Waals surface area (Å²) in [4.78, 5) is 14.3. The first-order valence-electron chi connectivity index (χ1n) is 7.07. The number of ether oxygens (including phenoxy) is 1. The van der Waals surface area contributed by atoms with Crippen LogP contribution >= 0.6 is 0 Å². The number of hydrogen-bond donors (Lipinski definition) is 2. The average Bonchev–Trinajstić information content (AvgIpc) is 2.52. The normalized spacial score (nSPS) is 10.1. The van der Waals surface area contributed by atoms with Crippen molar-refractivity contribution in [2.45, 2.75) is 13.8 Å². The van der Waals surface area contributed by atoms with Gasteiger partial charge in [0.15, 0.2) is 0 Å². The SMILES string of the molecule is CC(C)COc1cccc(-c2c(C#N)c(N)[nH]c(=O)c2C#N)c1. The van der Waals surface area contributed by atoms with Crippen LogP contribution in [0.15, 0.2) is 29.1 Å². The molecule has 0 aliphatic rings. The van der Waals surface area contributed by atoms with E-state index in [1.54, 1.807) is 24.3 Å². The fourth-order valence-corrected chi connectivity index (χ4v) is 2.14. The Kier molecular flexibility index (Phi) is 4.68. The van der Waals surface area contributed by atoms with Gasteiger partial charge >= 0.3 is 0 Å². The van der Waals surface area contributed by atoms with E-state index in [0.29, 0.717) is 23.8 Å². The lowest BCUT2D eigenvalue weighted by molar-refractivity contribution is 0.271. The zero-order valence-corrected chi connectivity index (χ0v) is 12.9. The molecule has 0 aliphatic carbocycles. The first-order chi connectivity index (χ1) is 11.0. The summed E-state index contributed by atoms with van der Waals surface area (Å²) in [5, 5.41) is 18.6. The lowest BCUT2D eigenvalue weighted by atomic mass is 9.96. The number of benzene rings is 1. The Labute approximate surface area is 133 Å². The molecule has 0 unspecified atom stereocenters. The molecule has 23 heavy (non-hydrogen) atoms. The van der Waals surface area contributed by atoms with Crippen molar-refractivity contribution in [3.8, 4) is 29.0 Å². The van der Waals surface area contributed by atoms with E-state index in [1.165, 1.54) is 0 Å². The molecule has 0 fully saturated rings. The second kappa shape index (κ2) is 6.67. The second-order valence-corrected chi connectivity index (χ2v) is 5.45. The van der Waals surface area contributed by atoms with Crippen molar-refractivity contribution in [1.29, 1.82) is 10.5 Å². The highest BCUT2D eigenvalue weighted by molar-refractivity contribution is 5.80. The van der Waals surface area contributed by atoms with E-state index in [2.05, 4.69) is 4.98 Å². The molecule has 0 aliphatic heterocycles. The third-order valence-electron chi connectivity index (χ3n) is 3.17. The lowest BCUT2D eigenvalue weighted by Gasteiger charge is -2.12. The van der Waals surface area contributed by atoms with Gasteiger partial charge in [-0.05, 0) is 23.6 Å². The van der Waals surface area contributed by atoms with Crippen molar-refractivity contribution >= 4 is 5.82 Å². The van der Waals surface area contributed by atoms with Crippen molar-refractivity contribution in [2.75, 3.05) is 12.3 Å². The fraction of sp³-hybridized carbons (Fsp3) is 0.235. The van der Waals surface area contributed by atoms with Crippen LogP contribution in [-0.4, -0.2) is 11.6 Å². The van der Waals surface area contributed by atoms with Gasteiger partial charge in [-0.1, -0.05) is 26.0 Å². The minimum Gasteiger partial charge on any atom is -0.493 e. The molecule has 1 heterocycles. The van der Waals surface area contributed by atoms with E-state index in [0.717, 1.165) is 0 Å². The zero-order valence-electron chi connectivity index (χ0n) is 12.9. The van der Waals surface area contributed by atoms with Crippen LogP contribution in [0.4, 0.5) is 5.82 Å². The highest BCUT2D eigenvalue weighted by Crippen LogP contribution is 2.30. The minimum absolute atomic E-state index is 0.0556. The summed E-state index contributed by atoms with van der Waals surface area (Å²) in [5.41, 5.74) is 5.79. The summed E-state index contributed by atoms with van der Waals surface area (Å²) in [5.74, 6) is 0.904. The summed E-state index contributed by atoms with van der Waals surface area (Å²) in [6.45, 7) is 4.60. The summed E-state index contributed by atoms with van der Waals surface area (Å²) in [6.07, 6.45) is 0. The number of aromatic nitrogens is 1. The molecule has 0 atom stereocenters. The Morgan fingerprint density at radius 3 is 2.57 bits per heavy atom. The highest BCUT2D eigenvalue weighted by atomic mass is 16.5. The number of hydrogen-bond acceptors (Lipinski definition) is 5. The van der Waals surface area contributed by atoms with E-state index >= 15 is 0 Å². The van der Waals surface area contributed by atoms with Crippen LogP contribution in [0, 0.1) is 28.6 Å². The number of nitrogens with one attached hydrogen (secondary N) is 1. The Morgan fingerprint density at radius 1 is 1.26 bits per heavy atom. The predicted octanol–water partition coefficient (Wildman–Crippen LogP) is 2.40. The van der Waals surface area contributed by atoms with Gasteiger partial charge in [-0.25, -0.2) is 0 Å². The molecule has 1 aromatic carbocycles. The summed E-state index contributed by atoms with van der Waals surface area (Å²) >= 11 is 0. The van der Waals surface area contributed by atoms with E-state index in [-0.39, 0.29) is 22.5 Å². The number of rotatable bonds is 4. The van der Waals surface area contributed by atoms with E-state index in [9.17, 15) is 15.3 Å². The molecule has 116 valence electrons. The largest absolute Gasteiger partial charge is 0.493 e. The standard InChI is InChI=1S/C17H16N4O2/c1-10(2)9-23-12-5-3-4-11(6-12)15-13(7-18)16(20)21-17(22)14(15)8-19/h3-6,10H,9H2,1-2H3,(H3,20,21,22). The number of nitrogens with zero attached hydrogens (tertiary/aromatic N) is 2. The molecule has 6 nitrogen and oxygen atoms in total. The zero-order chi connectivity index (χ0) is 17.0. The van der Waals surface area contributed by atoms with Gasteiger partial charge in [-0.15, -0.1) is 0 Å². The van der Waals surface area contributed by atoms with Crippen LogP contribution in [-0.2, 0) is 0 Å². The number of nitrogen functional groups attached to an aromatic ring is 1. The number of nitriles is 2. The first-order valence-corrected chi connectivity index (χ1v) is 7.07. The van der Waals surface area contributed by atoms with E-state index < -0.39 is 5.56 Å². The Bertz CT molecular complexity index is 870. The van der Waals surface area contributed by atoms with Crippen molar-refractivity contribution < 1.29 is 4.74 Å². The molecule has 0 radical (unpaired) electrons. The summed E-state index contributed by atoms with van der Waals surface area (Å²) in [6, 6.07) is 10.7. The lowest BCUT2D eigenvalue weighted by Crippen LogP contribution is -2.16. The Morgan fingerprint density at radius 2 is 1.96 bits per heavy atom. The predicted molar refractivity (Wildman–Crippen MR) is 86.7 cm³/mol. The smallest absolute Gasteiger partial charge is 0.268 e. The van der Waals surface area contributed by atoms with Gasteiger partial charge in [-0.2, -0.15) is 10.5 Å².